The fraction of sp³-hybridized carbons (Fsp3) is 0.308. The molecule has 0 saturated heterocycles. The first-order valence-electron chi connectivity index (χ1n) is 5.63. The molecule has 2 aromatic rings. The van der Waals surface area contributed by atoms with Crippen molar-refractivity contribution in [3.8, 4) is 0 Å². The molecule has 2 nitrogen and oxygen atoms in total. The van der Waals surface area contributed by atoms with Crippen molar-refractivity contribution in [2.75, 3.05) is 6.61 Å². The molecule has 0 saturated carbocycles. The average Bonchev–Trinajstić information content (AvgIpc) is 2.36. The number of nitrogens with zero attached hydrogens (tertiary/aromatic N) is 1. The summed E-state index contributed by atoms with van der Waals surface area (Å²) >= 11 is 9.65. The van der Waals surface area contributed by atoms with Crippen LogP contribution in [0.5, 0.6) is 0 Å². The largest absolute Gasteiger partial charge is 0.376 e. The van der Waals surface area contributed by atoms with Crippen LogP contribution in [0.1, 0.15) is 16.8 Å². The van der Waals surface area contributed by atoms with Gasteiger partial charge in [0.25, 0.3) is 0 Å². The van der Waals surface area contributed by atoms with Gasteiger partial charge in [-0.25, -0.2) is 4.39 Å². The van der Waals surface area contributed by atoms with Crippen molar-refractivity contribution in [3.05, 3.63) is 38.2 Å². The summed E-state index contributed by atoms with van der Waals surface area (Å²) in [6, 6.07) is 1.47. The zero-order chi connectivity index (χ0) is 12.9. The Bertz CT molecular complexity index is 659. The highest BCUT2D eigenvalue weighted by Gasteiger charge is 2.21. The molecule has 0 bridgehead atoms. The SMILES string of the molecule is Cc1cc(F)c(Br)c2c(Cl)c3c(nc12)CCOC3. The van der Waals surface area contributed by atoms with Crippen molar-refractivity contribution < 1.29 is 9.13 Å². The molecule has 0 N–H and O–H groups in total. The summed E-state index contributed by atoms with van der Waals surface area (Å²) in [6.45, 7) is 2.94. The van der Waals surface area contributed by atoms with Crippen LogP contribution in [-0.4, -0.2) is 11.6 Å². The number of halogens is 3. The zero-order valence-corrected chi connectivity index (χ0v) is 12.0. The molecule has 0 amide bonds. The van der Waals surface area contributed by atoms with E-state index in [2.05, 4.69) is 20.9 Å². The third-order valence-corrected chi connectivity index (χ3v) is 4.38. The maximum absolute atomic E-state index is 13.8. The Hall–Kier alpha value is -0.710. The summed E-state index contributed by atoms with van der Waals surface area (Å²) in [5.41, 5.74) is 3.39. The number of hydrogen-bond acceptors (Lipinski definition) is 2. The Labute approximate surface area is 117 Å². The van der Waals surface area contributed by atoms with Crippen molar-refractivity contribution in [1.82, 2.24) is 4.98 Å². The van der Waals surface area contributed by atoms with Crippen LogP contribution in [0.25, 0.3) is 10.9 Å². The van der Waals surface area contributed by atoms with Gasteiger partial charge in [0.2, 0.25) is 0 Å². The Morgan fingerprint density at radius 1 is 1.50 bits per heavy atom. The summed E-state index contributed by atoms with van der Waals surface area (Å²) in [6.07, 6.45) is 0.749. The number of fused-ring (bicyclic) bond motifs is 2. The minimum atomic E-state index is -0.319. The molecule has 3 rings (SSSR count). The molecule has 0 aliphatic carbocycles. The summed E-state index contributed by atoms with van der Waals surface area (Å²) < 4.78 is 19.5. The molecule has 0 atom stereocenters. The molecule has 0 spiro atoms. The fourth-order valence-electron chi connectivity index (χ4n) is 2.26. The normalized spacial score (nSPS) is 14.9. The molecule has 1 aromatic heterocycles. The molecular formula is C13H10BrClFNO. The second-order valence-electron chi connectivity index (χ2n) is 4.37. The standard InChI is InChI=1S/C13H10BrClFNO/c1-6-4-8(16)11(14)10-12(15)7-5-18-3-2-9(7)17-13(6)10/h4H,2-3,5H2,1H3. The van der Waals surface area contributed by atoms with E-state index in [1.807, 2.05) is 6.92 Å². The van der Waals surface area contributed by atoms with Crippen LogP contribution < -0.4 is 0 Å². The average molecular weight is 331 g/mol. The lowest BCUT2D eigenvalue weighted by atomic mass is 10.0. The first-order chi connectivity index (χ1) is 8.59. The molecule has 1 aliphatic rings. The van der Waals surface area contributed by atoms with Gasteiger partial charge in [-0.2, -0.15) is 0 Å². The third kappa shape index (κ3) is 1.75. The molecule has 0 fully saturated rings. The smallest absolute Gasteiger partial charge is 0.138 e. The number of hydrogen-bond donors (Lipinski definition) is 0. The van der Waals surface area contributed by atoms with Crippen molar-refractivity contribution in [3.63, 3.8) is 0 Å². The van der Waals surface area contributed by atoms with E-state index in [-0.39, 0.29) is 5.82 Å². The molecule has 18 heavy (non-hydrogen) atoms. The number of pyridine rings is 1. The number of benzene rings is 1. The first kappa shape index (κ1) is 12.3. The van der Waals surface area contributed by atoms with Gasteiger partial charge in [0.05, 0.1) is 33.9 Å². The minimum Gasteiger partial charge on any atom is -0.376 e. The van der Waals surface area contributed by atoms with E-state index in [0.29, 0.717) is 28.1 Å². The van der Waals surface area contributed by atoms with E-state index in [4.69, 9.17) is 16.3 Å². The van der Waals surface area contributed by atoms with E-state index in [9.17, 15) is 4.39 Å². The molecule has 1 aliphatic heterocycles. The predicted molar refractivity (Wildman–Crippen MR) is 72.5 cm³/mol. The van der Waals surface area contributed by atoms with Crippen LogP contribution in [0.2, 0.25) is 5.02 Å². The van der Waals surface area contributed by atoms with E-state index in [1.54, 1.807) is 0 Å². The fourth-order valence-corrected chi connectivity index (χ4v) is 3.23. The monoisotopic (exact) mass is 329 g/mol. The van der Waals surface area contributed by atoms with Crippen molar-refractivity contribution >= 4 is 38.4 Å². The highest BCUT2D eigenvalue weighted by Crippen LogP contribution is 2.38. The maximum atomic E-state index is 13.8. The quantitative estimate of drug-likeness (QED) is 0.723. The highest BCUT2D eigenvalue weighted by atomic mass is 79.9. The van der Waals surface area contributed by atoms with Gasteiger partial charge in [0.15, 0.2) is 0 Å². The molecule has 5 heteroatoms. The summed E-state index contributed by atoms with van der Waals surface area (Å²) in [5, 5.41) is 1.18. The Balaban J connectivity index is 2.46. The molecule has 1 aromatic carbocycles. The molecule has 0 radical (unpaired) electrons. The minimum absolute atomic E-state index is 0.319. The van der Waals surface area contributed by atoms with Gasteiger partial charge < -0.3 is 4.74 Å². The molecular weight excluding hydrogens is 321 g/mol. The molecule has 94 valence electrons. The van der Waals surface area contributed by atoms with Gasteiger partial charge in [-0.05, 0) is 34.5 Å². The Morgan fingerprint density at radius 3 is 3.06 bits per heavy atom. The zero-order valence-electron chi connectivity index (χ0n) is 9.69. The van der Waals surface area contributed by atoms with Crippen LogP contribution in [-0.2, 0) is 17.8 Å². The van der Waals surface area contributed by atoms with Crippen molar-refractivity contribution in [1.29, 1.82) is 0 Å². The molecule has 0 unspecified atom stereocenters. The van der Waals surface area contributed by atoms with Gasteiger partial charge in [0, 0.05) is 17.4 Å². The van der Waals surface area contributed by atoms with Crippen LogP contribution in [0.4, 0.5) is 4.39 Å². The lowest BCUT2D eigenvalue weighted by Gasteiger charge is -2.19. The van der Waals surface area contributed by atoms with Crippen LogP contribution >= 0.6 is 27.5 Å². The number of rotatable bonds is 0. The topological polar surface area (TPSA) is 22.1 Å². The number of ether oxygens (including phenoxy) is 1. The number of aryl methyl sites for hydroxylation is 1. The van der Waals surface area contributed by atoms with Crippen LogP contribution in [0.15, 0.2) is 10.5 Å². The predicted octanol–water partition coefficient (Wildman–Crippen LogP) is 4.17. The van der Waals surface area contributed by atoms with Gasteiger partial charge in [-0.1, -0.05) is 11.6 Å². The van der Waals surface area contributed by atoms with E-state index in [1.165, 1.54) is 6.07 Å². The van der Waals surface area contributed by atoms with Crippen molar-refractivity contribution in [2.45, 2.75) is 20.0 Å². The Kier molecular flexibility index (Phi) is 3.04. The Morgan fingerprint density at radius 2 is 2.28 bits per heavy atom. The highest BCUT2D eigenvalue weighted by molar-refractivity contribution is 9.10. The van der Waals surface area contributed by atoms with Crippen LogP contribution in [0, 0.1) is 12.7 Å². The van der Waals surface area contributed by atoms with E-state index >= 15 is 0 Å². The summed E-state index contributed by atoms with van der Waals surface area (Å²) in [4.78, 5) is 4.62. The lowest BCUT2D eigenvalue weighted by molar-refractivity contribution is 0.109. The second kappa shape index (κ2) is 4.44. The number of aromatic nitrogens is 1. The molecule has 2 heterocycles. The third-order valence-electron chi connectivity index (χ3n) is 3.19. The van der Waals surface area contributed by atoms with Crippen molar-refractivity contribution in [2.24, 2.45) is 0 Å². The van der Waals surface area contributed by atoms with Gasteiger partial charge >= 0.3 is 0 Å². The summed E-state index contributed by atoms with van der Waals surface area (Å²) in [5.74, 6) is -0.319. The van der Waals surface area contributed by atoms with Gasteiger partial charge in [-0.15, -0.1) is 0 Å². The first-order valence-corrected chi connectivity index (χ1v) is 6.80. The summed E-state index contributed by atoms with van der Waals surface area (Å²) in [7, 11) is 0. The van der Waals surface area contributed by atoms with E-state index in [0.717, 1.165) is 28.8 Å². The van der Waals surface area contributed by atoms with E-state index < -0.39 is 0 Å². The van der Waals surface area contributed by atoms with Gasteiger partial charge in [0.1, 0.15) is 5.82 Å². The maximum Gasteiger partial charge on any atom is 0.138 e. The lowest BCUT2D eigenvalue weighted by Crippen LogP contribution is -2.13. The second-order valence-corrected chi connectivity index (χ2v) is 5.54. The van der Waals surface area contributed by atoms with Crippen LogP contribution in [0.3, 0.4) is 0 Å². The van der Waals surface area contributed by atoms with Gasteiger partial charge in [-0.3, -0.25) is 4.98 Å².